The fraction of sp³-hybridized carbons (Fsp3) is 0.500. The molecule has 0 unspecified atom stereocenters. The molecule has 0 aliphatic carbocycles. The number of nitrogens with one attached hydrogen (secondary N) is 1. The second kappa shape index (κ2) is 6.04. The fourth-order valence-electron chi connectivity index (χ4n) is 2.04. The highest BCUT2D eigenvalue weighted by Crippen LogP contribution is 2.19. The first-order valence-corrected chi connectivity index (χ1v) is 6.35. The predicted octanol–water partition coefficient (Wildman–Crippen LogP) is 0.967. The molecular formula is C14H19NO4. The van der Waals surface area contributed by atoms with Crippen LogP contribution in [0.25, 0.3) is 0 Å². The van der Waals surface area contributed by atoms with Gasteiger partial charge in [-0.15, -0.1) is 0 Å². The van der Waals surface area contributed by atoms with Gasteiger partial charge < -0.3 is 19.9 Å². The van der Waals surface area contributed by atoms with Gasteiger partial charge in [-0.1, -0.05) is 6.07 Å². The summed E-state index contributed by atoms with van der Waals surface area (Å²) in [4.78, 5) is 12.0. The zero-order valence-corrected chi connectivity index (χ0v) is 11.0. The van der Waals surface area contributed by atoms with Gasteiger partial charge >= 0.3 is 0 Å². The normalized spacial score (nSPS) is 17.8. The minimum absolute atomic E-state index is 0.209. The van der Waals surface area contributed by atoms with Gasteiger partial charge in [0.05, 0.1) is 12.7 Å². The topological polar surface area (TPSA) is 67.8 Å². The van der Waals surface area contributed by atoms with E-state index in [0.29, 0.717) is 37.4 Å². The van der Waals surface area contributed by atoms with Crippen LogP contribution in [-0.2, 0) is 4.74 Å². The summed E-state index contributed by atoms with van der Waals surface area (Å²) in [7, 11) is 1.56. The molecule has 1 aliphatic rings. The molecule has 2 N–H and O–H groups in total. The molecule has 2 rings (SSSR count). The molecule has 0 radical (unpaired) electrons. The first kappa shape index (κ1) is 13.8. The quantitative estimate of drug-likeness (QED) is 0.851. The SMILES string of the molecule is COc1cccc(C(=O)NCC2(O)CCOCC2)c1. The first-order valence-electron chi connectivity index (χ1n) is 6.35. The van der Waals surface area contributed by atoms with E-state index in [1.165, 1.54) is 0 Å². The molecule has 19 heavy (non-hydrogen) atoms. The van der Waals surface area contributed by atoms with Crippen molar-refractivity contribution in [2.75, 3.05) is 26.9 Å². The Morgan fingerprint density at radius 1 is 1.47 bits per heavy atom. The maximum Gasteiger partial charge on any atom is 0.251 e. The van der Waals surface area contributed by atoms with Crippen LogP contribution in [0.2, 0.25) is 0 Å². The largest absolute Gasteiger partial charge is 0.497 e. The van der Waals surface area contributed by atoms with E-state index >= 15 is 0 Å². The smallest absolute Gasteiger partial charge is 0.251 e. The van der Waals surface area contributed by atoms with Crippen molar-refractivity contribution in [3.05, 3.63) is 29.8 Å². The lowest BCUT2D eigenvalue weighted by Gasteiger charge is -2.32. The predicted molar refractivity (Wildman–Crippen MR) is 70.3 cm³/mol. The number of ether oxygens (including phenoxy) is 2. The zero-order valence-electron chi connectivity index (χ0n) is 11.0. The van der Waals surface area contributed by atoms with Gasteiger partial charge in [0, 0.05) is 38.2 Å². The van der Waals surface area contributed by atoms with Crippen molar-refractivity contribution < 1.29 is 19.4 Å². The van der Waals surface area contributed by atoms with Crippen molar-refractivity contribution in [2.24, 2.45) is 0 Å². The average Bonchev–Trinajstić information content (AvgIpc) is 2.46. The highest BCUT2D eigenvalue weighted by atomic mass is 16.5. The van der Waals surface area contributed by atoms with E-state index in [4.69, 9.17) is 9.47 Å². The van der Waals surface area contributed by atoms with Gasteiger partial charge in [0.2, 0.25) is 0 Å². The number of amides is 1. The van der Waals surface area contributed by atoms with Crippen LogP contribution in [0, 0.1) is 0 Å². The number of carbonyl (C=O) groups excluding carboxylic acids is 1. The molecule has 1 fully saturated rings. The molecular weight excluding hydrogens is 246 g/mol. The van der Waals surface area contributed by atoms with Gasteiger partial charge in [-0.05, 0) is 18.2 Å². The molecule has 1 amide bonds. The van der Waals surface area contributed by atoms with Gasteiger partial charge in [-0.3, -0.25) is 4.79 Å². The molecule has 1 saturated heterocycles. The molecule has 0 atom stereocenters. The number of methoxy groups -OCH3 is 1. The Morgan fingerprint density at radius 3 is 2.89 bits per heavy atom. The lowest BCUT2D eigenvalue weighted by molar-refractivity contribution is -0.0605. The molecule has 1 heterocycles. The van der Waals surface area contributed by atoms with Crippen molar-refractivity contribution in [3.63, 3.8) is 0 Å². The second-order valence-corrected chi connectivity index (χ2v) is 4.75. The number of rotatable bonds is 4. The molecule has 0 bridgehead atoms. The minimum Gasteiger partial charge on any atom is -0.497 e. The van der Waals surface area contributed by atoms with Gasteiger partial charge in [0.1, 0.15) is 5.75 Å². The number of carbonyl (C=O) groups is 1. The average molecular weight is 265 g/mol. The molecule has 5 nitrogen and oxygen atoms in total. The van der Waals surface area contributed by atoms with E-state index in [2.05, 4.69) is 5.32 Å². The van der Waals surface area contributed by atoms with Gasteiger partial charge in [0.25, 0.3) is 5.91 Å². The second-order valence-electron chi connectivity index (χ2n) is 4.75. The summed E-state index contributed by atoms with van der Waals surface area (Å²) in [5.41, 5.74) is -0.331. The summed E-state index contributed by atoms with van der Waals surface area (Å²) in [6.07, 6.45) is 1.09. The van der Waals surface area contributed by atoms with Crippen molar-refractivity contribution in [1.29, 1.82) is 0 Å². The standard InChI is InChI=1S/C14H19NO4/c1-18-12-4-2-3-11(9-12)13(16)15-10-14(17)5-7-19-8-6-14/h2-4,9,17H,5-8,10H2,1H3,(H,15,16). The Balaban J connectivity index is 1.93. The molecule has 0 saturated carbocycles. The molecule has 104 valence electrons. The van der Waals surface area contributed by atoms with Crippen LogP contribution in [0.4, 0.5) is 0 Å². The molecule has 1 aromatic rings. The zero-order chi connectivity index (χ0) is 13.7. The van der Waals surface area contributed by atoms with Crippen LogP contribution in [-0.4, -0.2) is 43.5 Å². The van der Waals surface area contributed by atoms with Crippen LogP contribution in [0.15, 0.2) is 24.3 Å². The number of hydrogen-bond donors (Lipinski definition) is 2. The van der Waals surface area contributed by atoms with Crippen molar-refractivity contribution in [1.82, 2.24) is 5.32 Å². The Hall–Kier alpha value is -1.59. The highest BCUT2D eigenvalue weighted by molar-refractivity contribution is 5.94. The monoisotopic (exact) mass is 265 g/mol. The Morgan fingerprint density at radius 2 is 2.21 bits per heavy atom. The van der Waals surface area contributed by atoms with Gasteiger partial charge in [0.15, 0.2) is 0 Å². The Labute approximate surface area is 112 Å². The van der Waals surface area contributed by atoms with Gasteiger partial charge in [-0.25, -0.2) is 0 Å². The summed E-state index contributed by atoms with van der Waals surface area (Å²) in [6.45, 7) is 1.31. The number of aliphatic hydroxyl groups is 1. The van der Waals surface area contributed by atoms with Crippen LogP contribution in [0.5, 0.6) is 5.75 Å². The molecule has 5 heteroatoms. The summed E-state index contributed by atoms with van der Waals surface area (Å²) in [5, 5.41) is 13.0. The van der Waals surface area contributed by atoms with E-state index in [1.807, 2.05) is 0 Å². The maximum absolute atomic E-state index is 12.0. The minimum atomic E-state index is -0.854. The highest BCUT2D eigenvalue weighted by Gasteiger charge is 2.30. The third-order valence-electron chi connectivity index (χ3n) is 3.33. The van der Waals surface area contributed by atoms with Gasteiger partial charge in [-0.2, -0.15) is 0 Å². The van der Waals surface area contributed by atoms with Crippen LogP contribution < -0.4 is 10.1 Å². The molecule has 1 aromatic carbocycles. The summed E-state index contributed by atoms with van der Waals surface area (Å²) in [5.74, 6) is 0.427. The van der Waals surface area contributed by atoms with E-state index in [9.17, 15) is 9.90 Å². The van der Waals surface area contributed by atoms with Crippen LogP contribution in [0.1, 0.15) is 23.2 Å². The fourth-order valence-corrected chi connectivity index (χ4v) is 2.04. The van der Waals surface area contributed by atoms with Crippen LogP contribution in [0.3, 0.4) is 0 Å². The van der Waals surface area contributed by atoms with Crippen molar-refractivity contribution in [3.8, 4) is 5.75 Å². The Kier molecular flexibility index (Phi) is 4.39. The van der Waals surface area contributed by atoms with Crippen LogP contribution >= 0.6 is 0 Å². The maximum atomic E-state index is 12.0. The van der Waals surface area contributed by atoms with Crippen molar-refractivity contribution >= 4 is 5.91 Å². The Bertz CT molecular complexity index is 441. The number of benzene rings is 1. The third kappa shape index (κ3) is 3.68. The number of hydrogen-bond acceptors (Lipinski definition) is 4. The lowest BCUT2D eigenvalue weighted by Crippen LogP contribution is -2.46. The molecule has 0 aromatic heterocycles. The third-order valence-corrected chi connectivity index (χ3v) is 3.33. The molecule has 1 aliphatic heterocycles. The van der Waals surface area contributed by atoms with E-state index in [1.54, 1.807) is 31.4 Å². The summed E-state index contributed by atoms with van der Waals surface area (Å²) in [6, 6.07) is 6.93. The lowest BCUT2D eigenvalue weighted by atomic mass is 9.94. The molecule has 0 spiro atoms. The van der Waals surface area contributed by atoms with Crippen molar-refractivity contribution in [2.45, 2.75) is 18.4 Å². The van der Waals surface area contributed by atoms with E-state index < -0.39 is 5.60 Å². The van der Waals surface area contributed by atoms with E-state index in [-0.39, 0.29) is 12.5 Å². The van der Waals surface area contributed by atoms with E-state index in [0.717, 1.165) is 0 Å². The first-order chi connectivity index (χ1) is 9.13. The summed E-state index contributed by atoms with van der Waals surface area (Å²) >= 11 is 0. The summed E-state index contributed by atoms with van der Waals surface area (Å²) < 4.78 is 10.3.